The highest BCUT2D eigenvalue weighted by molar-refractivity contribution is 6.06. The summed E-state index contributed by atoms with van der Waals surface area (Å²) in [4.78, 5) is 4.98. The zero-order valence-electron chi connectivity index (χ0n) is 17.9. The minimum Gasteiger partial charge on any atom is -0.344 e. The minimum atomic E-state index is 0.531. The van der Waals surface area contributed by atoms with Gasteiger partial charge in [0.05, 0.1) is 11.0 Å². The van der Waals surface area contributed by atoms with E-state index in [1.807, 2.05) is 0 Å². The highest BCUT2D eigenvalue weighted by Crippen LogP contribution is 2.35. The van der Waals surface area contributed by atoms with E-state index < -0.39 is 0 Å². The van der Waals surface area contributed by atoms with Gasteiger partial charge in [-0.25, -0.2) is 0 Å². The van der Waals surface area contributed by atoms with E-state index in [1.54, 1.807) is 0 Å². The van der Waals surface area contributed by atoms with Gasteiger partial charge in [0.15, 0.2) is 0 Å². The molecule has 28 heavy (non-hydrogen) atoms. The van der Waals surface area contributed by atoms with Crippen molar-refractivity contribution >= 4 is 21.8 Å². The van der Waals surface area contributed by atoms with Crippen LogP contribution in [0.2, 0.25) is 0 Å². The predicted molar refractivity (Wildman–Crippen MR) is 121 cm³/mol. The Hall–Kier alpha value is -2.61. The Kier molecular flexibility index (Phi) is 4.74. The minimum absolute atomic E-state index is 0.531. The zero-order chi connectivity index (χ0) is 20.0. The van der Waals surface area contributed by atoms with Gasteiger partial charge in [-0.15, -0.1) is 0 Å². The summed E-state index contributed by atoms with van der Waals surface area (Å²) in [7, 11) is 0. The SMILES string of the molecule is CCC(CC)n1ccc2c(C)nc3cc(-c4c(C)cc(C)cc4C)ccc3c21. The Morgan fingerprint density at radius 2 is 1.54 bits per heavy atom. The van der Waals surface area contributed by atoms with Gasteiger partial charge >= 0.3 is 0 Å². The van der Waals surface area contributed by atoms with Crippen molar-refractivity contribution in [3.63, 3.8) is 0 Å². The van der Waals surface area contributed by atoms with E-state index in [9.17, 15) is 0 Å². The molecule has 0 bridgehead atoms. The highest BCUT2D eigenvalue weighted by Gasteiger charge is 2.16. The van der Waals surface area contributed by atoms with Crippen molar-refractivity contribution in [2.24, 2.45) is 0 Å². The lowest BCUT2D eigenvalue weighted by molar-refractivity contribution is 0.486. The first-order chi connectivity index (χ1) is 13.4. The van der Waals surface area contributed by atoms with Gasteiger partial charge < -0.3 is 4.57 Å². The lowest BCUT2D eigenvalue weighted by atomic mass is 9.93. The standard InChI is InChI=1S/C26H30N2/c1-7-21(8-2)28-12-11-22-19(6)27-24-15-20(9-10-23(24)26(22)28)25-17(4)13-16(3)14-18(25)5/h9-15,21H,7-8H2,1-6H3. The highest BCUT2D eigenvalue weighted by atomic mass is 15.0. The number of benzene rings is 2. The Morgan fingerprint density at radius 1 is 0.857 bits per heavy atom. The Morgan fingerprint density at radius 3 is 2.18 bits per heavy atom. The number of fused-ring (bicyclic) bond motifs is 3. The number of hydrogen-bond donors (Lipinski definition) is 0. The van der Waals surface area contributed by atoms with E-state index >= 15 is 0 Å². The molecule has 2 aromatic heterocycles. The third-order valence-electron chi connectivity index (χ3n) is 6.15. The van der Waals surface area contributed by atoms with E-state index in [4.69, 9.17) is 4.98 Å². The Labute approximate surface area is 168 Å². The molecule has 0 aliphatic rings. The normalized spacial score (nSPS) is 11.8. The summed E-state index contributed by atoms with van der Waals surface area (Å²) >= 11 is 0. The molecule has 4 aromatic rings. The average molecular weight is 371 g/mol. The summed E-state index contributed by atoms with van der Waals surface area (Å²) in [5.41, 5.74) is 10.1. The summed E-state index contributed by atoms with van der Waals surface area (Å²) in [6.07, 6.45) is 4.53. The average Bonchev–Trinajstić information content (AvgIpc) is 3.08. The smallest absolute Gasteiger partial charge is 0.0732 e. The second kappa shape index (κ2) is 7.09. The molecule has 0 amide bonds. The fourth-order valence-electron chi connectivity index (χ4n) is 4.87. The molecule has 0 aliphatic heterocycles. The Balaban J connectivity index is 1.99. The fraction of sp³-hybridized carbons (Fsp3) is 0.346. The molecular formula is C26H30N2. The summed E-state index contributed by atoms with van der Waals surface area (Å²) in [6.45, 7) is 13.3. The summed E-state index contributed by atoms with van der Waals surface area (Å²) in [6, 6.07) is 14.1. The predicted octanol–water partition coefficient (Wildman–Crippen LogP) is 7.45. The second-order valence-corrected chi connectivity index (χ2v) is 8.16. The van der Waals surface area contributed by atoms with Crippen LogP contribution in [0.4, 0.5) is 0 Å². The second-order valence-electron chi connectivity index (χ2n) is 8.16. The van der Waals surface area contributed by atoms with E-state index in [0.717, 1.165) is 24.1 Å². The van der Waals surface area contributed by atoms with Crippen molar-refractivity contribution in [1.82, 2.24) is 9.55 Å². The van der Waals surface area contributed by atoms with Crippen molar-refractivity contribution in [2.45, 2.75) is 60.4 Å². The molecule has 0 unspecified atom stereocenters. The monoisotopic (exact) mass is 370 g/mol. The van der Waals surface area contributed by atoms with Crippen LogP contribution >= 0.6 is 0 Å². The van der Waals surface area contributed by atoms with E-state index in [1.165, 1.54) is 44.1 Å². The topological polar surface area (TPSA) is 17.8 Å². The van der Waals surface area contributed by atoms with Crippen LogP contribution in [-0.2, 0) is 0 Å². The van der Waals surface area contributed by atoms with E-state index in [2.05, 4.69) is 88.7 Å². The molecule has 2 heterocycles. The van der Waals surface area contributed by atoms with Crippen LogP contribution in [0.1, 0.15) is 55.1 Å². The maximum Gasteiger partial charge on any atom is 0.0732 e. The number of pyridine rings is 1. The van der Waals surface area contributed by atoms with Crippen molar-refractivity contribution in [3.05, 3.63) is 65.0 Å². The number of aromatic nitrogens is 2. The van der Waals surface area contributed by atoms with Gasteiger partial charge in [0.2, 0.25) is 0 Å². The number of aryl methyl sites for hydroxylation is 4. The number of nitrogens with zero attached hydrogens (tertiary/aromatic N) is 2. The molecule has 0 aliphatic carbocycles. The van der Waals surface area contributed by atoms with Gasteiger partial charge in [-0.1, -0.05) is 43.7 Å². The molecule has 2 aromatic carbocycles. The van der Waals surface area contributed by atoms with Crippen LogP contribution in [0.25, 0.3) is 32.9 Å². The van der Waals surface area contributed by atoms with Gasteiger partial charge in [0.25, 0.3) is 0 Å². The largest absolute Gasteiger partial charge is 0.344 e. The van der Waals surface area contributed by atoms with Gasteiger partial charge in [0.1, 0.15) is 0 Å². The summed E-state index contributed by atoms with van der Waals surface area (Å²) in [5, 5.41) is 2.53. The van der Waals surface area contributed by atoms with Crippen LogP contribution in [0.5, 0.6) is 0 Å². The summed E-state index contributed by atoms with van der Waals surface area (Å²) in [5.74, 6) is 0. The van der Waals surface area contributed by atoms with Crippen LogP contribution in [0, 0.1) is 27.7 Å². The van der Waals surface area contributed by atoms with Crippen LogP contribution in [-0.4, -0.2) is 9.55 Å². The molecule has 0 N–H and O–H groups in total. The number of hydrogen-bond acceptors (Lipinski definition) is 1. The maximum absolute atomic E-state index is 4.98. The molecule has 2 nitrogen and oxygen atoms in total. The first-order valence-corrected chi connectivity index (χ1v) is 10.4. The molecule has 2 heteroatoms. The quantitative estimate of drug-likeness (QED) is 0.365. The molecule has 0 atom stereocenters. The fourth-order valence-corrected chi connectivity index (χ4v) is 4.87. The first-order valence-electron chi connectivity index (χ1n) is 10.4. The Bertz CT molecular complexity index is 1150. The third kappa shape index (κ3) is 2.92. The molecule has 0 spiro atoms. The van der Waals surface area contributed by atoms with Gasteiger partial charge in [0, 0.05) is 28.7 Å². The molecule has 0 radical (unpaired) electrons. The lowest BCUT2D eigenvalue weighted by Crippen LogP contribution is -2.06. The van der Waals surface area contributed by atoms with E-state index in [0.29, 0.717) is 6.04 Å². The van der Waals surface area contributed by atoms with Gasteiger partial charge in [-0.05, 0) is 74.9 Å². The molecule has 0 fully saturated rings. The maximum atomic E-state index is 4.98. The number of rotatable bonds is 4. The molecular weight excluding hydrogens is 340 g/mol. The van der Waals surface area contributed by atoms with Crippen LogP contribution in [0.3, 0.4) is 0 Å². The molecule has 4 rings (SSSR count). The third-order valence-corrected chi connectivity index (χ3v) is 6.15. The van der Waals surface area contributed by atoms with E-state index in [-0.39, 0.29) is 0 Å². The van der Waals surface area contributed by atoms with Gasteiger partial charge in [-0.2, -0.15) is 0 Å². The molecule has 144 valence electrons. The first kappa shape index (κ1) is 18.7. The zero-order valence-corrected chi connectivity index (χ0v) is 17.9. The van der Waals surface area contributed by atoms with Crippen LogP contribution < -0.4 is 0 Å². The van der Waals surface area contributed by atoms with Crippen LogP contribution in [0.15, 0.2) is 42.6 Å². The lowest BCUT2D eigenvalue weighted by Gasteiger charge is -2.18. The van der Waals surface area contributed by atoms with Crippen molar-refractivity contribution in [3.8, 4) is 11.1 Å². The molecule has 0 saturated carbocycles. The molecule has 0 saturated heterocycles. The van der Waals surface area contributed by atoms with Crippen molar-refractivity contribution < 1.29 is 0 Å². The van der Waals surface area contributed by atoms with Gasteiger partial charge in [-0.3, -0.25) is 4.98 Å². The van der Waals surface area contributed by atoms with Crippen molar-refractivity contribution in [1.29, 1.82) is 0 Å². The summed E-state index contributed by atoms with van der Waals surface area (Å²) < 4.78 is 2.47. The van der Waals surface area contributed by atoms with Crippen molar-refractivity contribution in [2.75, 3.05) is 0 Å².